The second-order valence-electron chi connectivity index (χ2n) is 8.76. The number of fused-ring (bicyclic) bond motifs is 1. The number of ether oxygens (including phenoxy) is 1. The lowest BCUT2D eigenvalue weighted by Gasteiger charge is -2.25. The van der Waals surface area contributed by atoms with Gasteiger partial charge in [0.2, 0.25) is 5.43 Å². The highest BCUT2D eigenvalue weighted by Crippen LogP contribution is 2.26. The second kappa shape index (κ2) is 10.9. The number of nitrogens with one attached hydrogen (secondary N) is 1. The molecule has 0 bridgehead atoms. The van der Waals surface area contributed by atoms with Crippen LogP contribution in [0.3, 0.4) is 0 Å². The van der Waals surface area contributed by atoms with Crippen LogP contribution in [0.5, 0.6) is 0 Å². The monoisotopic (exact) mass is 525 g/mol. The average Bonchev–Trinajstić information content (AvgIpc) is 3.30. The maximum absolute atomic E-state index is 13.9. The second-order valence-corrected chi connectivity index (χ2v) is 10.3. The number of carbonyl (C=O) groups is 1. The fourth-order valence-electron chi connectivity index (χ4n) is 4.27. The van der Waals surface area contributed by atoms with E-state index < -0.39 is 5.91 Å². The molecule has 1 amide bonds. The lowest BCUT2D eigenvalue weighted by Crippen LogP contribution is -2.35. The molecule has 0 spiro atoms. The zero-order valence-electron chi connectivity index (χ0n) is 19.5. The molecular weight excluding hydrogens is 501 g/mol. The maximum atomic E-state index is 13.9. The Balaban J connectivity index is 1.48. The number of carbonyl (C=O) groups excluding carboxylic acids is 1. The first-order valence-corrected chi connectivity index (χ1v) is 12.9. The van der Waals surface area contributed by atoms with Crippen LogP contribution in [-0.2, 0) is 24.4 Å². The van der Waals surface area contributed by atoms with Crippen molar-refractivity contribution < 1.29 is 13.9 Å². The molecule has 36 heavy (non-hydrogen) atoms. The number of benzene rings is 2. The summed E-state index contributed by atoms with van der Waals surface area (Å²) in [6.07, 6.45) is 1.59. The topological polar surface area (TPSA) is 63.6 Å². The summed E-state index contributed by atoms with van der Waals surface area (Å²) in [5.41, 5.74) is 1.37. The third kappa shape index (κ3) is 5.68. The van der Waals surface area contributed by atoms with Crippen molar-refractivity contribution in [2.45, 2.75) is 19.6 Å². The van der Waals surface area contributed by atoms with Crippen molar-refractivity contribution in [1.29, 1.82) is 0 Å². The van der Waals surface area contributed by atoms with Gasteiger partial charge < -0.3 is 14.6 Å². The first-order valence-electron chi connectivity index (χ1n) is 11.7. The summed E-state index contributed by atoms with van der Waals surface area (Å²) in [6, 6.07) is 15.4. The molecule has 1 aliphatic heterocycles. The van der Waals surface area contributed by atoms with Gasteiger partial charge in [0.1, 0.15) is 16.2 Å². The molecule has 3 heterocycles. The summed E-state index contributed by atoms with van der Waals surface area (Å²) in [7, 11) is 0. The number of pyridine rings is 1. The van der Waals surface area contributed by atoms with Crippen molar-refractivity contribution in [3.05, 3.63) is 103 Å². The number of halogens is 2. The molecular formula is C27H25ClFN3O3S. The van der Waals surface area contributed by atoms with E-state index in [1.54, 1.807) is 24.4 Å². The molecule has 0 atom stereocenters. The zero-order valence-corrected chi connectivity index (χ0v) is 21.1. The Bertz CT molecular complexity index is 1450. The van der Waals surface area contributed by atoms with Crippen LogP contribution in [0.1, 0.15) is 26.4 Å². The molecule has 9 heteroatoms. The van der Waals surface area contributed by atoms with Gasteiger partial charge in [0.05, 0.1) is 18.6 Å². The first-order chi connectivity index (χ1) is 17.5. The van der Waals surface area contributed by atoms with Crippen molar-refractivity contribution in [3.63, 3.8) is 0 Å². The van der Waals surface area contributed by atoms with Crippen LogP contribution < -0.4 is 10.7 Å². The average molecular weight is 526 g/mol. The highest BCUT2D eigenvalue weighted by atomic mass is 35.5. The molecule has 1 saturated heterocycles. The molecule has 0 unspecified atom stereocenters. The minimum Gasteiger partial charge on any atom is -0.379 e. The molecule has 0 radical (unpaired) electrons. The van der Waals surface area contributed by atoms with E-state index in [0.29, 0.717) is 36.7 Å². The van der Waals surface area contributed by atoms with E-state index in [-0.39, 0.29) is 23.4 Å². The number of rotatable bonds is 7. The summed E-state index contributed by atoms with van der Waals surface area (Å²) in [5.74, 6) is -0.782. The van der Waals surface area contributed by atoms with Crippen molar-refractivity contribution in [2.75, 3.05) is 26.3 Å². The normalized spacial score (nSPS) is 14.3. The van der Waals surface area contributed by atoms with Crippen LogP contribution in [0.2, 0.25) is 5.02 Å². The van der Waals surface area contributed by atoms with Gasteiger partial charge >= 0.3 is 0 Å². The molecule has 2 aromatic heterocycles. The molecule has 1 fully saturated rings. The lowest BCUT2D eigenvalue weighted by atomic mass is 10.1. The number of hydrogen-bond acceptors (Lipinski definition) is 5. The number of amides is 1. The van der Waals surface area contributed by atoms with Gasteiger partial charge in [-0.15, -0.1) is 11.3 Å². The smallest absolute Gasteiger partial charge is 0.257 e. The van der Waals surface area contributed by atoms with E-state index in [9.17, 15) is 14.0 Å². The highest BCUT2D eigenvalue weighted by molar-refractivity contribution is 7.18. The van der Waals surface area contributed by atoms with Crippen molar-refractivity contribution in [1.82, 2.24) is 14.8 Å². The van der Waals surface area contributed by atoms with Crippen LogP contribution in [-0.4, -0.2) is 41.7 Å². The summed E-state index contributed by atoms with van der Waals surface area (Å²) in [6.45, 7) is 4.36. The van der Waals surface area contributed by atoms with Crippen molar-refractivity contribution >= 4 is 39.1 Å². The lowest BCUT2D eigenvalue weighted by molar-refractivity contribution is 0.0346. The molecule has 0 saturated carbocycles. The molecule has 4 aromatic rings. The quantitative estimate of drug-likeness (QED) is 0.381. The van der Waals surface area contributed by atoms with E-state index in [1.165, 1.54) is 23.5 Å². The molecule has 1 N–H and O–H groups in total. The van der Waals surface area contributed by atoms with Gasteiger partial charge in [-0.3, -0.25) is 14.5 Å². The Morgan fingerprint density at radius 1 is 1.06 bits per heavy atom. The predicted molar refractivity (Wildman–Crippen MR) is 140 cm³/mol. The Labute approximate surface area is 216 Å². The summed E-state index contributed by atoms with van der Waals surface area (Å²) in [5, 5.41) is 3.95. The minimum atomic E-state index is -0.453. The van der Waals surface area contributed by atoms with E-state index in [2.05, 4.69) is 10.2 Å². The Morgan fingerprint density at radius 3 is 2.58 bits per heavy atom. The standard InChI is InChI=1S/C27H25ClFN3O3S/c28-20-6-4-18(5-7-20)14-30-26(34)24-17-32(15-19-2-1-3-21(29)12-19)27-23(25(24)33)13-22(36-27)16-31-8-10-35-11-9-31/h1-7,12-13,17H,8-11,14-16H2,(H,30,34). The van der Waals surface area contributed by atoms with E-state index >= 15 is 0 Å². The van der Waals surface area contributed by atoms with E-state index in [0.717, 1.165) is 33.9 Å². The number of thiophene rings is 1. The van der Waals surface area contributed by atoms with Gasteiger partial charge in [-0.25, -0.2) is 4.39 Å². The van der Waals surface area contributed by atoms with Crippen LogP contribution in [0.25, 0.3) is 10.2 Å². The molecule has 5 rings (SSSR count). The number of nitrogens with zero attached hydrogens (tertiary/aromatic N) is 2. The molecule has 2 aromatic carbocycles. The summed E-state index contributed by atoms with van der Waals surface area (Å²) >= 11 is 7.47. The van der Waals surface area contributed by atoms with Crippen molar-refractivity contribution in [2.24, 2.45) is 0 Å². The van der Waals surface area contributed by atoms with Crippen LogP contribution >= 0.6 is 22.9 Å². The van der Waals surface area contributed by atoms with Gasteiger partial charge in [0, 0.05) is 48.8 Å². The third-order valence-electron chi connectivity index (χ3n) is 6.13. The van der Waals surface area contributed by atoms with Crippen molar-refractivity contribution in [3.8, 4) is 0 Å². The molecule has 1 aliphatic rings. The van der Waals surface area contributed by atoms with Gasteiger partial charge in [-0.2, -0.15) is 0 Å². The SMILES string of the molecule is O=C(NCc1ccc(Cl)cc1)c1cn(Cc2cccc(F)c2)c2sc(CN3CCOCC3)cc2c1=O. The largest absolute Gasteiger partial charge is 0.379 e. The van der Waals surface area contributed by atoms with Gasteiger partial charge in [-0.1, -0.05) is 35.9 Å². The third-order valence-corrected chi connectivity index (χ3v) is 7.54. The van der Waals surface area contributed by atoms with Crippen LogP contribution in [0.15, 0.2) is 65.6 Å². The minimum absolute atomic E-state index is 0.0589. The number of hydrogen-bond donors (Lipinski definition) is 1. The van der Waals surface area contributed by atoms with Gasteiger partial charge in [0.15, 0.2) is 0 Å². The predicted octanol–water partition coefficient (Wildman–Crippen LogP) is 4.67. The first kappa shape index (κ1) is 24.6. The Morgan fingerprint density at radius 2 is 1.83 bits per heavy atom. The van der Waals surface area contributed by atoms with Gasteiger partial charge in [-0.05, 0) is 41.5 Å². The Kier molecular flexibility index (Phi) is 7.48. The summed E-state index contributed by atoms with van der Waals surface area (Å²) < 4.78 is 21.2. The summed E-state index contributed by atoms with van der Waals surface area (Å²) in [4.78, 5) is 30.6. The van der Waals surface area contributed by atoms with Gasteiger partial charge in [0.25, 0.3) is 5.91 Å². The molecule has 6 nitrogen and oxygen atoms in total. The zero-order chi connectivity index (χ0) is 25.1. The molecule has 186 valence electrons. The molecule has 0 aliphatic carbocycles. The Hall–Kier alpha value is -3.04. The fourth-order valence-corrected chi connectivity index (χ4v) is 5.57. The fraction of sp³-hybridized carbons (Fsp3) is 0.259. The number of aromatic nitrogens is 1. The van der Waals surface area contributed by atoms with Crippen LogP contribution in [0.4, 0.5) is 4.39 Å². The van der Waals surface area contributed by atoms with E-state index in [1.807, 2.05) is 28.8 Å². The van der Waals surface area contributed by atoms with Crippen LogP contribution in [0, 0.1) is 5.82 Å². The highest BCUT2D eigenvalue weighted by Gasteiger charge is 2.20. The number of morpholine rings is 1. The van der Waals surface area contributed by atoms with E-state index in [4.69, 9.17) is 16.3 Å². The maximum Gasteiger partial charge on any atom is 0.257 e.